The van der Waals surface area contributed by atoms with Crippen molar-refractivity contribution in [3.8, 4) is 0 Å². The summed E-state index contributed by atoms with van der Waals surface area (Å²) in [6.45, 7) is 8.20. The van der Waals surface area contributed by atoms with E-state index >= 15 is 0 Å². The fraction of sp³-hybridized carbons (Fsp3) is 0.450. The largest absolute Gasteiger partial charge is 0.468 e. The molecule has 28 heavy (non-hydrogen) atoms. The zero-order chi connectivity index (χ0) is 21.2. The van der Waals surface area contributed by atoms with E-state index in [-0.39, 0.29) is 35.9 Å². The second kappa shape index (κ2) is 7.92. The summed E-state index contributed by atoms with van der Waals surface area (Å²) < 4.78 is 10.0. The average Bonchev–Trinajstić information content (AvgIpc) is 2.59. The van der Waals surface area contributed by atoms with Gasteiger partial charge in [0.25, 0.3) is 0 Å². The number of allylic oxidation sites excluding steroid dienone is 2. The highest BCUT2D eigenvalue weighted by molar-refractivity contribution is 6.21. The van der Waals surface area contributed by atoms with Crippen molar-refractivity contribution in [1.29, 1.82) is 0 Å². The molecule has 1 amide bonds. The fourth-order valence-electron chi connectivity index (χ4n) is 2.72. The second-order valence-electron chi connectivity index (χ2n) is 7.51. The number of pyridine rings is 1. The Hall–Kier alpha value is -3.03. The fourth-order valence-corrected chi connectivity index (χ4v) is 2.72. The van der Waals surface area contributed by atoms with Crippen molar-refractivity contribution in [1.82, 2.24) is 9.88 Å². The summed E-state index contributed by atoms with van der Waals surface area (Å²) in [5, 5.41) is 0. The SMILES string of the molecule is COC(=O)CN(Cc1nc2c(c(C)c1C)C(=O)C=CC2=O)C(=O)OC(C)(C)C. The predicted molar refractivity (Wildman–Crippen MR) is 100 cm³/mol. The zero-order valence-electron chi connectivity index (χ0n) is 16.9. The summed E-state index contributed by atoms with van der Waals surface area (Å²) >= 11 is 0. The number of hydrogen-bond donors (Lipinski definition) is 0. The molecule has 0 atom stereocenters. The van der Waals surface area contributed by atoms with E-state index in [1.165, 1.54) is 19.3 Å². The number of ether oxygens (including phenoxy) is 2. The Bertz CT molecular complexity index is 880. The number of amides is 1. The Morgan fingerprint density at radius 1 is 1.07 bits per heavy atom. The predicted octanol–water partition coefficient (Wildman–Crippen LogP) is 2.54. The third-order valence-corrected chi connectivity index (χ3v) is 4.26. The van der Waals surface area contributed by atoms with Gasteiger partial charge in [-0.25, -0.2) is 9.78 Å². The van der Waals surface area contributed by atoms with Crippen molar-refractivity contribution >= 4 is 23.6 Å². The van der Waals surface area contributed by atoms with Crippen LogP contribution in [0.4, 0.5) is 4.79 Å². The second-order valence-corrected chi connectivity index (χ2v) is 7.51. The number of esters is 1. The van der Waals surface area contributed by atoms with Gasteiger partial charge in [-0.05, 0) is 57.9 Å². The number of hydrogen-bond acceptors (Lipinski definition) is 7. The Kier molecular flexibility index (Phi) is 6.01. The van der Waals surface area contributed by atoms with Gasteiger partial charge in [0.1, 0.15) is 17.8 Å². The molecule has 1 aromatic rings. The number of fused-ring (bicyclic) bond motifs is 1. The van der Waals surface area contributed by atoms with Crippen LogP contribution in [0.2, 0.25) is 0 Å². The van der Waals surface area contributed by atoms with Crippen molar-refractivity contribution in [2.75, 3.05) is 13.7 Å². The summed E-state index contributed by atoms with van der Waals surface area (Å²) in [5.41, 5.74) is 1.24. The van der Waals surface area contributed by atoms with Crippen LogP contribution in [0.3, 0.4) is 0 Å². The molecule has 1 aliphatic rings. The summed E-state index contributed by atoms with van der Waals surface area (Å²) in [7, 11) is 1.22. The lowest BCUT2D eigenvalue weighted by Gasteiger charge is -2.27. The first-order valence-corrected chi connectivity index (χ1v) is 8.76. The van der Waals surface area contributed by atoms with Gasteiger partial charge in [0.05, 0.1) is 24.9 Å². The first-order chi connectivity index (χ1) is 12.9. The van der Waals surface area contributed by atoms with Crippen molar-refractivity contribution in [2.24, 2.45) is 0 Å². The summed E-state index contributed by atoms with van der Waals surface area (Å²) in [6, 6.07) is 0. The maximum Gasteiger partial charge on any atom is 0.411 e. The van der Waals surface area contributed by atoms with Gasteiger partial charge in [-0.3, -0.25) is 19.3 Å². The van der Waals surface area contributed by atoms with Crippen LogP contribution in [-0.2, 0) is 20.8 Å². The molecule has 8 nitrogen and oxygen atoms in total. The first kappa shape index (κ1) is 21.3. The third-order valence-electron chi connectivity index (χ3n) is 4.26. The number of carbonyl (C=O) groups excluding carboxylic acids is 4. The molecule has 0 unspecified atom stereocenters. The molecule has 2 rings (SSSR count). The van der Waals surface area contributed by atoms with Gasteiger partial charge in [-0.15, -0.1) is 0 Å². The summed E-state index contributed by atoms with van der Waals surface area (Å²) in [5.74, 6) is -1.28. The minimum absolute atomic E-state index is 0.0489. The highest BCUT2D eigenvalue weighted by Gasteiger charge is 2.29. The molecule has 0 bridgehead atoms. The van der Waals surface area contributed by atoms with E-state index in [1.54, 1.807) is 34.6 Å². The lowest BCUT2D eigenvalue weighted by Crippen LogP contribution is -2.40. The van der Waals surface area contributed by atoms with Crippen molar-refractivity contribution in [3.05, 3.63) is 40.2 Å². The molecular weight excluding hydrogens is 364 g/mol. The zero-order valence-corrected chi connectivity index (χ0v) is 16.9. The van der Waals surface area contributed by atoms with E-state index in [1.807, 2.05) is 0 Å². The summed E-state index contributed by atoms with van der Waals surface area (Å²) in [6.07, 6.45) is 1.69. The number of rotatable bonds is 4. The van der Waals surface area contributed by atoms with Crippen LogP contribution in [0.1, 0.15) is 58.4 Å². The minimum atomic E-state index is -0.757. The lowest BCUT2D eigenvalue weighted by molar-refractivity contribution is -0.142. The van der Waals surface area contributed by atoms with E-state index in [0.717, 1.165) is 4.90 Å². The third kappa shape index (κ3) is 4.62. The van der Waals surface area contributed by atoms with E-state index in [9.17, 15) is 19.2 Å². The molecule has 1 aliphatic carbocycles. The van der Waals surface area contributed by atoms with Gasteiger partial charge < -0.3 is 9.47 Å². The number of methoxy groups -OCH3 is 1. The molecule has 0 saturated heterocycles. The monoisotopic (exact) mass is 388 g/mol. The van der Waals surface area contributed by atoms with Crippen LogP contribution < -0.4 is 0 Å². The molecular formula is C20H24N2O6. The smallest absolute Gasteiger partial charge is 0.411 e. The van der Waals surface area contributed by atoms with Crippen molar-refractivity contribution in [3.63, 3.8) is 0 Å². The van der Waals surface area contributed by atoms with Crippen LogP contribution >= 0.6 is 0 Å². The van der Waals surface area contributed by atoms with Gasteiger partial charge in [0.15, 0.2) is 5.78 Å². The van der Waals surface area contributed by atoms with Crippen molar-refractivity contribution in [2.45, 2.75) is 46.8 Å². The molecule has 0 radical (unpaired) electrons. The molecule has 0 saturated carbocycles. The topological polar surface area (TPSA) is 103 Å². The number of aromatic nitrogens is 1. The van der Waals surface area contributed by atoms with Gasteiger partial charge in [0.2, 0.25) is 5.78 Å². The quantitative estimate of drug-likeness (QED) is 0.730. The Morgan fingerprint density at radius 2 is 1.68 bits per heavy atom. The molecule has 1 aromatic heterocycles. The van der Waals surface area contributed by atoms with E-state index in [0.29, 0.717) is 16.8 Å². The van der Waals surface area contributed by atoms with Gasteiger partial charge in [0, 0.05) is 0 Å². The minimum Gasteiger partial charge on any atom is -0.468 e. The molecule has 0 N–H and O–H groups in total. The number of ketones is 2. The van der Waals surface area contributed by atoms with Gasteiger partial charge in [-0.1, -0.05) is 0 Å². The van der Waals surface area contributed by atoms with E-state index in [4.69, 9.17) is 4.74 Å². The molecule has 150 valence electrons. The van der Waals surface area contributed by atoms with Crippen LogP contribution in [0, 0.1) is 13.8 Å². The number of nitrogens with zero attached hydrogens (tertiary/aromatic N) is 2. The van der Waals surface area contributed by atoms with E-state index < -0.39 is 17.7 Å². The maximum atomic E-state index is 12.6. The average molecular weight is 388 g/mol. The lowest BCUT2D eigenvalue weighted by atomic mass is 9.92. The van der Waals surface area contributed by atoms with Gasteiger partial charge >= 0.3 is 12.1 Å². The molecule has 0 fully saturated rings. The Labute approximate surface area is 163 Å². The number of carbonyl (C=O) groups is 4. The standard InChI is InChI=1S/C20H24N2O6/c1-11-12(2)17-14(23)7-8-15(24)18(17)21-13(11)9-22(10-16(25)27-6)19(26)28-20(3,4)5/h7-8H,9-10H2,1-6H3. The van der Waals surface area contributed by atoms with Crippen LogP contribution in [-0.4, -0.2) is 52.8 Å². The first-order valence-electron chi connectivity index (χ1n) is 8.76. The highest BCUT2D eigenvalue weighted by atomic mass is 16.6. The molecule has 0 spiro atoms. The van der Waals surface area contributed by atoms with Gasteiger partial charge in [-0.2, -0.15) is 0 Å². The Balaban J connectivity index is 2.44. The molecule has 1 heterocycles. The maximum absolute atomic E-state index is 12.6. The molecule has 0 aromatic carbocycles. The Morgan fingerprint density at radius 3 is 2.25 bits per heavy atom. The van der Waals surface area contributed by atoms with Crippen molar-refractivity contribution < 1.29 is 28.7 Å². The summed E-state index contributed by atoms with van der Waals surface area (Å²) in [4.78, 5) is 54.2. The van der Waals surface area contributed by atoms with E-state index in [2.05, 4.69) is 9.72 Å². The van der Waals surface area contributed by atoms with Crippen LogP contribution in [0.25, 0.3) is 0 Å². The molecule has 0 aliphatic heterocycles. The normalized spacial score (nSPS) is 13.2. The highest BCUT2D eigenvalue weighted by Crippen LogP contribution is 2.25. The van der Waals surface area contributed by atoms with Crippen LogP contribution in [0.15, 0.2) is 12.2 Å². The molecule has 8 heteroatoms. The van der Waals surface area contributed by atoms with Crippen LogP contribution in [0.5, 0.6) is 0 Å².